The minimum Gasteiger partial charge on any atom is -0.490 e. The molecular formula is C23H20FN3O4. The van der Waals surface area contributed by atoms with Crippen LogP contribution >= 0.6 is 0 Å². The fourth-order valence-corrected chi connectivity index (χ4v) is 4.71. The fraction of sp³-hybridized carbons (Fsp3) is 0.304. The molecule has 1 saturated carbocycles. The van der Waals surface area contributed by atoms with Crippen LogP contribution in [0.4, 0.5) is 14.9 Å². The summed E-state index contributed by atoms with van der Waals surface area (Å²) in [6.07, 6.45) is 3.49. The molecule has 8 heteroatoms. The number of halogens is 1. The van der Waals surface area contributed by atoms with E-state index in [0.29, 0.717) is 46.9 Å². The lowest BCUT2D eigenvalue weighted by Gasteiger charge is -2.58. The molecule has 2 aliphatic heterocycles. The normalized spacial score (nSPS) is 18.5. The van der Waals surface area contributed by atoms with Crippen molar-refractivity contribution < 1.29 is 23.4 Å². The maximum atomic E-state index is 13.6. The third-order valence-electron chi connectivity index (χ3n) is 6.24. The van der Waals surface area contributed by atoms with E-state index < -0.39 is 0 Å². The third kappa shape index (κ3) is 3.19. The molecule has 2 aromatic carbocycles. The number of likely N-dealkylation sites (tertiary alicyclic amines) is 1. The number of pyridine rings is 1. The van der Waals surface area contributed by atoms with Gasteiger partial charge < -0.3 is 24.4 Å². The Morgan fingerprint density at radius 3 is 2.84 bits per heavy atom. The van der Waals surface area contributed by atoms with E-state index in [2.05, 4.69) is 10.3 Å². The second-order valence-corrected chi connectivity index (χ2v) is 8.47. The molecule has 1 aliphatic carbocycles. The van der Waals surface area contributed by atoms with Gasteiger partial charge in [0.25, 0.3) is 0 Å². The smallest absolute Gasteiger partial charge is 0.321 e. The summed E-state index contributed by atoms with van der Waals surface area (Å²) in [7, 11) is 0. The predicted molar refractivity (Wildman–Crippen MR) is 111 cm³/mol. The Kier molecular flexibility index (Phi) is 3.96. The topological polar surface area (TPSA) is 72.9 Å². The number of amides is 2. The highest BCUT2D eigenvalue weighted by Gasteiger charge is 2.54. The molecule has 1 spiro atoms. The van der Waals surface area contributed by atoms with Crippen molar-refractivity contribution in [2.24, 2.45) is 5.41 Å². The van der Waals surface area contributed by atoms with E-state index >= 15 is 0 Å². The summed E-state index contributed by atoms with van der Waals surface area (Å²) >= 11 is 0. The van der Waals surface area contributed by atoms with Gasteiger partial charge in [0.15, 0.2) is 11.5 Å². The number of fused-ring (bicyclic) bond motifs is 2. The number of benzene rings is 2. The summed E-state index contributed by atoms with van der Waals surface area (Å²) in [5.41, 5.74) is 1.51. The number of rotatable bonds is 3. The van der Waals surface area contributed by atoms with Crippen molar-refractivity contribution in [3.8, 4) is 17.2 Å². The van der Waals surface area contributed by atoms with Gasteiger partial charge in [-0.25, -0.2) is 9.18 Å². The molecule has 158 valence electrons. The lowest BCUT2D eigenvalue weighted by atomic mass is 9.62. The van der Waals surface area contributed by atoms with Crippen LogP contribution in [-0.2, 0) is 0 Å². The number of ether oxygens (including phenoxy) is 3. The number of aromatic nitrogens is 1. The summed E-state index contributed by atoms with van der Waals surface area (Å²) in [5.74, 6) is 1.67. The maximum Gasteiger partial charge on any atom is 0.321 e. The number of anilines is 1. The molecule has 1 saturated heterocycles. The monoisotopic (exact) mass is 421 g/mol. The lowest BCUT2D eigenvalue weighted by molar-refractivity contribution is -0.0978. The van der Waals surface area contributed by atoms with E-state index in [4.69, 9.17) is 14.2 Å². The number of nitrogens with one attached hydrogen (secondary N) is 1. The Labute approximate surface area is 177 Å². The highest BCUT2D eigenvalue weighted by Crippen LogP contribution is 2.50. The van der Waals surface area contributed by atoms with Crippen LogP contribution in [0, 0.1) is 11.2 Å². The molecule has 0 atom stereocenters. The first-order chi connectivity index (χ1) is 15.1. The summed E-state index contributed by atoms with van der Waals surface area (Å²) in [6.45, 7) is 1.61. The van der Waals surface area contributed by atoms with Gasteiger partial charge in [0, 0.05) is 41.8 Å². The molecule has 7 nitrogen and oxygen atoms in total. The highest BCUT2D eigenvalue weighted by molar-refractivity contribution is 5.90. The fourth-order valence-electron chi connectivity index (χ4n) is 4.71. The molecule has 2 fully saturated rings. The van der Waals surface area contributed by atoms with Gasteiger partial charge in [-0.2, -0.15) is 0 Å². The van der Waals surface area contributed by atoms with Crippen LogP contribution in [0.15, 0.2) is 48.7 Å². The standard InChI is InChI=1S/C23H20FN3O4/c24-14-1-3-18-17(7-14)19(5-6-25-18)31-16-9-23(10-16)11-27(12-23)22(28)26-15-2-4-20-21(8-15)30-13-29-20/h1-8,16H,9-13H2,(H,26,28). The quantitative estimate of drug-likeness (QED) is 0.687. The molecular weight excluding hydrogens is 401 g/mol. The molecule has 6 rings (SSSR count). The first kappa shape index (κ1) is 18.2. The van der Waals surface area contributed by atoms with Crippen molar-refractivity contribution in [2.45, 2.75) is 18.9 Å². The maximum absolute atomic E-state index is 13.6. The van der Waals surface area contributed by atoms with Gasteiger partial charge >= 0.3 is 6.03 Å². The average molecular weight is 421 g/mol. The van der Waals surface area contributed by atoms with Gasteiger partial charge in [0.05, 0.1) is 5.52 Å². The number of nitrogens with zero attached hydrogens (tertiary/aromatic N) is 2. The van der Waals surface area contributed by atoms with Gasteiger partial charge in [-0.15, -0.1) is 0 Å². The highest BCUT2D eigenvalue weighted by atomic mass is 19.1. The number of urea groups is 1. The van der Waals surface area contributed by atoms with E-state index in [1.54, 1.807) is 41.4 Å². The number of hydrogen-bond acceptors (Lipinski definition) is 5. The van der Waals surface area contributed by atoms with E-state index in [1.165, 1.54) is 12.1 Å². The van der Waals surface area contributed by atoms with Gasteiger partial charge in [-0.1, -0.05) is 0 Å². The first-order valence-electron chi connectivity index (χ1n) is 10.2. The Morgan fingerprint density at radius 1 is 1.13 bits per heavy atom. The van der Waals surface area contributed by atoms with E-state index in [9.17, 15) is 9.18 Å². The molecule has 1 aromatic heterocycles. The van der Waals surface area contributed by atoms with E-state index in [1.807, 2.05) is 0 Å². The van der Waals surface area contributed by atoms with Crippen LogP contribution in [0.5, 0.6) is 17.2 Å². The minimum atomic E-state index is -0.307. The van der Waals surface area contributed by atoms with Crippen molar-refractivity contribution in [3.63, 3.8) is 0 Å². The molecule has 0 bridgehead atoms. The van der Waals surface area contributed by atoms with E-state index in [0.717, 1.165) is 12.8 Å². The van der Waals surface area contributed by atoms with Crippen molar-refractivity contribution in [3.05, 3.63) is 54.5 Å². The summed E-state index contributed by atoms with van der Waals surface area (Å²) in [5, 5.41) is 3.60. The third-order valence-corrected chi connectivity index (χ3v) is 6.24. The van der Waals surface area contributed by atoms with Gasteiger partial charge in [0.2, 0.25) is 6.79 Å². The summed E-state index contributed by atoms with van der Waals surface area (Å²) in [6, 6.07) is 11.5. The van der Waals surface area contributed by atoms with E-state index in [-0.39, 0.29) is 30.2 Å². The molecule has 3 aliphatic rings. The zero-order chi connectivity index (χ0) is 21.0. The Hall–Kier alpha value is -3.55. The van der Waals surface area contributed by atoms with Gasteiger partial charge in [-0.05, 0) is 49.2 Å². The molecule has 31 heavy (non-hydrogen) atoms. The number of carbonyl (C=O) groups is 1. The van der Waals surface area contributed by atoms with Gasteiger partial charge in [-0.3, -0.25) is 4.98 Å². The molecule has 2 amide bonds. The number of hydrogen-bond donors (Lipinski definition) is 1. The molecule has 0 radical (unpaired) electrons. The van der Waals surface area contributed by atoms with Crippen LogP contribution in [0.1, 0.15) is 12.8 Å². The Morgan fingerprint density at radius 2 is 1.97 bits per heavy atom. The summed E-state index contributed by atoms with van der Waals surface area (Å²) < 4.78 is 30.4. The van der Waals surface area contributed by atoms with Crippen molar-refractivity contribution in [1.29, 1.82) is 0 Å². The predicted octanol–water partition coefficient (Wildman–Crippen LogP) is 4.18. The van der Waals surface area contributed by atoms with Crippen LogP contribution in [0.3, 0.4) is 0 Å². The Bertz CT molecular complexity index is 1190. The summed E-state index contributed by atoms with van der Waals surface area (Å²) in [4.78, 5) is 18.6. The Balaban J connectivity index is 1.04. The second-order valence-electron chi connectivity index (χ2n) is 8.47. The van der Waals surface area contributed by atoms with Crippen molar-refractivity contribution >= 4 is 22.6 Å². The van der Waals surface area contributed by atoms with Crippen LogP contribution in [0.2, 0.25) is 0 Å². The largest absolute Gasteiger partial charge is 0.490 e. The van der Waals surface area contributed by atoms with Crippen LogP contribution < -0.4 is 19.5 Å². The molecule has 0 unspecified atom stereocenters. The first-order valence-corrected chi connectivity index (χ1v) is 10.2. The molecule has 3 heterocycles. The number of carbonyl (C=O) groups excluding carboxylic acids is 1. The lowest BCUT2D eigenvalue weighted by Crippen LogP contribution is -2.66. The van der Waals surface area contributed by atoms with Crippen LogP contribution in [0.25, 0.3) is 10.9 Å². The molecule has 1 N–H and O–H groups in total. The SMILES string of the molecule is O=C(Nc1ccc2c(c1)OCO2)N1CC2(CC(Oc3ccnc4ccc(F)cc34)C2)C1. The zero-order valence-corrected chi connectivity index (χ0v) is 16.6. The minimum absolute atomic E-state index is 0.0629. The van der Waals surface area contributed by atoms with Gasteiger partial charge in [0.1, 0.15) is 17.7 Å². The zero-order valence-electron chi connectivity index (χ0n) is 16.6. The molecule has 3 aromatic rings. The van der Waals surface area contributed by atoms with Crippen molar-refractivity contribution in [1.82, 2.24) is 9.88 Å². The van der Waals surface area contributed by atoms with Crippen molar-refractivity contribution in [2.75, 3.05) is 25.2 Å². The van der Waals surface area contributed by atoms with Crippen LogP contribution in [-0.4, -0.2) is 41.9 Å². The average Bonchev–Trinajstić information content (AvgIpc) is 3.16. The second kappa shape index (κ2) is 6.73.